The molecule has 2 aromatic rings. The molecule has 0 saturated heterocycles. The molecule has 7 heteroatoms. The smallest absolute Gasteiger partial charge is 0.197 e. The Hall–Kier alpha value is -1.53. The van der Waals surface area contributed by atoms with Gasteiger partial charge in [0.25, 0.3) is 0 Å². The Balaban J connectivity index is 0.00000133. The Bertz CT molecular complexity index is 581. The molecular formula is C12H13BrClN5. The van der Waals surface area contributed by atoms with Crippen molar-refractivity contribution in [3.63, 3.8) is 0 Å². The number of halogens is 2. The molecule has 2 heterocycles. The summed E-state index contributed by atoms with van der Waals surface area (Å²) in [7, 11) is 0. The third-order valence-electron chi connectivity index (χ3n) is 2.64. The van der Waals surface area contributed by atoms with Gasteiger partial charge in [0.15, 0.2) is 11.8 Å². The van der Waals surface area contributed by atoms with Gasteiger partial charge in [-0.25, -0.2) is 4.68 Å². The summed E-state index contributed by atoms with van der Waals surface area (Å²) in [6.07, 6.45) is 1.77. The predicted octanol–water partition coefficient (Wildman–Crippen LogP) is 2.43. The van der Waals surface area contributed by atoms with E-state index in [2.05, 4.69) is 36.7 Å². The Kier molecular flexibility index (Phi) is 4.44. The Labute approximate surface area is 125 Å². The SMILES string of the molecule is Brc1cnn(-c2ccccc2)c1NC1=NCCN1.Cl. The predicted molar refractivity (Wildman–Crippen MR) is 82.4 cm³/mol. The molecule has 0 bridgehead atoms. The lowest BCUT2D eigenvalue weighted by molar-refractivity contribution is 0.887. The molecule has 2 N–H and O–H groups in total. The summed E-state index contributed by atoms with van der Waals surface area (Å²) in [6, 6.07) is 9.97. The van der Waals surface area contributed by atoms with E-state index in [1.54, 1.807) is 6.20 Å². The molecule has 1 aromatic carbocycles. The Morgan fingerprint density at radius 2 is 2.05 bits per heavy atom. The minimum Gasteiger partial charge on any atom is -0.354 e. The molecule has 19 heavy (non-hydrogen) atoms. The van der Waals surface area contributed by atoms with Crippen LogP contribution in [0.15, 0.2) is 46.0 Å². The maximum absolute atomic E-state index is 4.35. The van der Waals surface area contributed by atoms with Gasteiger partial charge in [-0.15, -0.1) is 12.4 Å². The van der Waals surface area contributed by atoms with Crippen molar-refractivity contribution in [1.29, 1.82) is 0 Å². The summed E-state index contributed by atoms with van der Waals surface area (Å²) < 4.78 is 2.75. The van der Waals surface area contributed by atoms with Crippen molar-refractivity contribution in [2.75, 3.05) is 18.4 Å². The van der Waals surface area contributed by atoms with Crippen LogP contribution in [0.5, 0.6) is 0 Å². The summed E-state index contributed by atoms with van der Waals surface area (Å²) in [4.78, 5) is 4.32. The number of nitrogens with one attached hydrogen (secondary N) is 2. The fourth-order valence-electron chi connectivity index (χ4n) is 1.80. The maximum Gasteiger partial charge on any atom is 0.197 e. The highest BCUT2D eigenvalue weighted by Crippen LogP contribution is 2.25. The highest BCUT2D eigenvalue weighted by molar-refractivity contribution is 9.10. The van der Waals surface area contributed by atoms with Crippen LogP contribution < -0.4 is 10.6 Å². The third kappa shape index (κ3) is 2.90. The van der Waals surface area contributed by atoms with Crippen molar-refractivity contribution in [2.45, 2.75) is 0 Å². The van der Waals surface area contributed by atoms with Crippen molar-refractivity contribution in [3.05, 3.63) is 41.0 Å². The molecule has 1 aromatic heterocycles. The van der Waals surface area contributed by atoms with E-state index >= 15 is 0 Å². The van der Waals surface area contributed by atoms with Crippen molar-refractivity contribution in [1.82, 2.24) is 15.1 Å². The lowest BCUT2D eigenvalue weighted by atomic mass is 10.3. The summed E-state index contributed by atoms with van der Waals surface area (Å²) in [5.74, 6) is 1.66. The van der Waals surface area contributed by atoms with Crippen LogP contribution in [0.25, 0.3) is 5.69 Å². The van der Waals surface area contributed by atoms with Crippen LogP contribution in [0, 0.1) is 0 Å². The second-order valence-corrected chi connectivity index (χ2v) is 4.72. The minimum absolute atomic E-state index is 0. The molecule has 0 saturated carbocycles. The first-order valence-electron chi connectivity index (χ1n) is 5.69. The first-order chi connectivity index (χ1) is 8.84. The number of nitrogens with zero attached hydrogens (tertiary/aromatic N) is 3. The summed E-state index contributed by atoms with van der Waals surface area (Å²) in [6.45, 7) is 1.68. The lowest BCUT2D eigenvalue weighted by Crippen LogP contribution is -2.27. The van der Waals surface area contributed by atoms with Gasteiger partial charge in [0.05, 0.1) is 22.9 Å². The van der Waals surface area contributed by atoms with Crippen LogP contribution >= 0.6 is 28.3 Å². The van der Waals surface area contributed by atoms with Crippen molar-refractivity contribution >= 4 is 40.1 Å². The average molecular weight is 343 g/mol. The van der Waals surface area contributed by atoms with Gasteiger partial charge in [-0.05, 0) is 28.1 Å². The van der Waals surface area contributed by atoms with Crippen LogP contribution in [0.4, 0.5) is 5.82 Å². The molecule has 3 rings (SSSR count). The van der Waals surface area contributed by atoms with E-state index in [1.807, 2.05) is 35.0 Å². The average Bonchev–Trinajstić information content (AvgIpc) is 3.03. The largest absolute Gasteiger partial charge is 0.354 e. The van der Waals surface area contributed by atoms with E-state index in [4.69, 9.17) is 0 Å². The molecule has 0 fully saturated rings. The standard InChI is InChI=1S/C12H12BrN5.ClH/c13-10-8-16-18(9-4-2-1-3-5-9)11(10)17-12-14-6-7-15-12;/h1-5,8H,6-7H2,(H2,14,15,17);1H. The molecule has 0 atom stereocenters. The number of rotatable bonds is 2. The number of hydrogen-bond donors (Lipinski definition) is 2. The van der Waals surface area contributed by atoms with E-state index in [0.29, 0.717) is 0 Å². The van der Waals surface area contributed by atoms with Gasteiger partial charge in [-0.3, -0.25) is 4.99 Å². The second kappa shape index (κ2) is 6.08. The Morgan fingerprint density at radius 3 is 2.74 bits per heavy atom. The molecule has 5 nitrogen and oxygen atoms in total. The molecule has 0 aliphatic carbocycles. The van der Waals surface area contributed by atoms with Gasteiger partial charge >= 0.3 is 0 Å². The number of aliphatic imine (C=N–C) groups is 1. The fraction of sp³-hybridized carbons (Fsp3) is 0.167. The van der Waals surface area contributed by atoms with E-state index in [0.717, 1.165) is 35.0 Å². The van der Waals surface area contributed by atoms with Gasteiger partial charge in [0.1, 0.15) is 0 Å². The van der Waals surface area contributed by atoms with E-state index in [-0.39, 0.29) is 12.4 Å². The molecular weight excluding hydrogens is 330 g/mol. The molecule has 100 valence electrons. The van der Waals surface area contributed by atoms with Crippen LogP contribution in [0.3, 0.4) is 0 Å². The van der Waals surface area contributed by atoms with E-state index < -0.39 is 0 Å². The minimum atomic E-state index is 0. The number of aromatic nitrogens is 2. The fourth-order valence-corrected chi connectivity index (χ4v) is 2.16. The van der Waals surface area contributed by atoms with E-state index in [1.165, 1.54) is 0 Å². The van der Waals surface area contributed by atoms with Gasteiger partial charge in [-0.1, -0.05) is 18.2 Å². The number of benzene rings is 1. The topological polar surface area (TPSA) is 54.2 Å². The number of hydrogen-bond acceptors (Lipinski definition) is 4. The van der Waals surface area contributed by atoms with Crippen molar-refractivity contribution in [2.24, 2.45) is 4.99 Å². The first kappa shape index (κ1) is 13.9. The van der Waals surface area contributed by atoms with Gasteiger partial charge in [0.2, 0.25) is 0 Å². The number of guanidine groups is 1. The monoisotopic (exact) mass is 341 g/mol. The highest BCUT2D eigenvalue weighted by atomic mass is 79.9. The van der Waals surface area contributed by atoms with Gasteiger partial charge in [0, 0.05) is 6.54 Å². The molecule has 1 aliphatic heterocycles. The summed E-state index contributed by atoms with van der Waals surface area (Å²) in [5, 5.41) is 10.8. The van der Waals surface area contributed by atoms with E-state index in [9.17, 15) is 0 Å². The maximum atomic E-state index is 4.35. The van der Waals surface area contributed by atoms with Crippen molar-refractivity contribution < 1.29 is 0 Å². The Morgan fingerprint density at radius 1 is 1.26 bits per heavy atom. The second-order valence-electron chi connectivity index (χ2n) is 3.87. The number of para-hydroxylation sites is 1. The van der Waals surface area contributed by atoms with Crippen LogP contribution in [0.2, 0.25) is 0 Å². The van der Waals surface area contributed by atoms with Crippen molar-refractivity contribution in [3.8, 4) is 5.69 Å². The molecule has 1 aliphatic rings. The van der Waals surface area contributed by atoms with Crippen LogP contribution in [-0.2, 0) is 0 Å². The number of anilines is 1. The zero-order valence-corrected chi connectivity index (χ0v) is 12.4. The quantitative estimate of drug-likeness (QED) is 0.881. The third-order valence-corrected chi connectivity index (χ3v) is 3.22. The molecule has 0 unspecified atom stereocenters. The summed E-state index contributed by atoms with van der Waals surface area (Å²) in [5.41, 5.74) is 1.00. The molecule has 0 amide bonds. The normalized spacial score (nSPS) is 13.4. The summed E-state index contributed by atoms with van der Waals surface area (Å²) >= 11 is 3.49. The first-order valence-corrected chi connectivity index (χ1v) is 6.48. The highest BCUT2D eigenvalue weighted by Gasteiger charge is 2.13. The lowest BCUT2D eigenvalue weighted by Gasteiger charge is -2.10. The van der Waals surface area contributed by atoms with Crippen LogP contribution in [0.1, 0.15) is 0 Å². The zero-order chi connectivity index (χ0) is 12.4. The zero-order valence-electron chi connectivity index (χ0n) is 10.0. The van der Waals surface area contributed by atoms with Gasteiger partial charge < -0.3 is 10.6 Å². The van der Waals surface area contributed by atoms with Gasteiger partial charge in [-0.2, -0.15) is 5.10 Å². The molecule has 0 spiro atoms. The molecule has 0 radical (unpaired) electrons. The van der Waals surface area contributed by atoms with Crippen LogP contribution in [-0.4, -0.2) is 28.8 Å².